The van der Waals surface area contributed by atoms with E-state index < -0.39 is 15.2 Å². The zero-order valence-electron chi connectivity index (χ0n) is 10.1. The summed E-state index contributed by atoms with van der Waals surface area (Å²) >= 11 is 1.65. The second-order valence-corrected chi connectivity index (χ2v) is 7.57. The van der Waals surface area contributed by atoms with Gasteiger partial charge in [0.05, 0.1) is 12.4 Å². The highest BCUT2D eigenvalue weighted by molar-refractivity contribution is 8.01. The summed E-state index contributed by atoms with van der Waals surface area (Å²) in [5, 5.41) is -0.530. The van der Waals surface area contributed by atoms with E-state index in [1.165, 1.54) is 6.20 Å². The molecule has 0 bridgehead atoms. The van der Waals surface area contributed by atoms with E-state index in [1.807, 2.05) is 0 Å². The lowest BCUT2D eigenvalue weighted by Crippen LogP contribution is -2.48. The van der Waals surface area contributed by atoms with E-state index in [4.69, 9.17) is 5.73 Å². The van der Waals surface area contributed by atoms with Crippen LogP contribution in [0.5, 0.6) is 0 Å². The van der Waals surface area contributed by atoms with Gasteiger partial charge in [-0.1, -0.05) is 6.92 Å². The molecule has 2 N–H and O–H groups in total. The fourth-order valence-corrected chi connectivity index (χ4v) is 4.82. The SMILES string of the molecule is CCS(=O)(=O)C1CSCCN1c1cncc(N)n1. The van der Waals surface area contributed by atoms with Crippen LogP contribution < -0.4 is 10.6 Å². The maximum absolute atomic E-state index is 12.1. The molecule has 100 valence electrons. The number of hydrogen-bond donors (Lipinski definition) is 1. The third-order valence-corrected chi connectivity index (χ3v) is 6.12. The van der Waals surface area contributed by atoms with E-state index in [0.717, 1.165) is 5.75 Å². The Labute approximate surface area is 111 Å². The Morgan fingerprint density at radius 3 is 3.00 bits per heavy atom. The Hall–Kier alpha value is -1.02. The van der Waals surface area contributed by atoms with Gasteiger partial charge in [-0.2, -0.15) is 11.8 Å². The molecule has 0 aliphatic carbocycles. The highest BCUT2D eigenvalue weighted by Gasteiger charge is 2.33. The number of hydrogen-bond acceptors (Lipinski definition) is 7. The first kappa shape index (κ1) is 13.4. The van der Waals surface area contributed by atoms with Crippen molar-refractivity contribution in [1.29, 1.82) is 0 Å². The van der Waals surface area contributed by atoms with Crippen molar-refractivity contribution in [3.63, 3.8) is 0 Å². The summed E-state index contributed by atoms with van der Waals surface area (Å²) in [6.07, 6.45) is 3.01. The first-order valence-corrected chi connectivity index (χ1v) is 8.55. The lowest BCUT2D eigenvalue weighted by atomic mass is 10.4. The van der Waals surface area contributed by atoms with Gasteiger partial charge in [-0.3, -0.25) is 4.98 Å². The lowest BCUT2D eigenvalue weighted by Gasteiger charge is -2.35. The summed E-state index contributed by atoms with van der Waals surface area (Å²) in [7, 11) is -3.13. The monoisotopic (exact) mass is 288 g/mol. The summed E-state index contributed by atoms with van der Waals surface area (Å²) in [5.41, 5.74) is 5.60. The molecule has 1 unspecified atom stereocenters. The van der Waals surface area contributed by atoms with Crippen molar-refractivity contribution in [2.24, 2.45) is 0 Å². The first-order chi connectivity index (χ1) is 8.54. The maximum atomic E-state index is 12.1. The van der Waals surface area contributed by atoms with E-state index in [-0.39, 0.29) is 5.75 Å². The lowest BCUT2D eigenvalue weighted by molar-refractivity contribution is 0.579. The summed E-state index contributed by atoms with van der Waals surface area (Å²) in [5.74, 6) is 2.42. The average molecular weight is 288 g/mol. The maximum Gasteiger partial charge on any atom is 0.171 e. The van der Waals surface area contributed by atoms with Crippen LogP contribution in [0.4, 0.5) is 11.6 Å². The topological polar surface area (TPSA) is 89.2 Å². The Morgan fingerprint density at radius 1 is 1.56 bits per heavy atom. The number of aromatic nitrogens is 2. The minimum atomic E-state index is -3.13. The summed E-state index contributed by atoms with van der Waals surface area (Å²) in [6, 6.07) is 0. The summed E-state index contributed by atoms with van der Waals surface area (Å²) < 4.78 is 24.2. The van der Waals surface area contributed by atoms with Gasteiger partial charge in [0, 0.05) is 23.8 Å². The highest BCUT2D eigenvalue weighted by atomic mass is 32.2. The van der Waals surface area contributed by atoms with Gasteiger partial charge in [0.25, 0.3) is 0 Å². The van der Waals surface area contributed by atoms with Crippen LogP contribution in [-0.4, -0.2) is 47.6 Å². The molecule has 0 aromatic carbocycles. The minimum absolute atomic E-state index is 0.129. The van der Waals surface area contributed by atoms with Gasteiger partial charge in [-0.15, -0.1) is 0 Å². The first-order valence-electron chi connectivity index (χ1n) is 5.68. The molecule has 1 aliphatic rings. The largest absolute Gasteiger partial charge is 0.382 e. The number of nitrogens with zero attached hydrogens (tertiary/aromatic N) is 3. The molecule has 0 amide bonds. The highest BCUT2D eigenvalue weighted by Crippen LogP contribution is 2.25. The zero-order valence-corrected chi connectivity index (χ0v) is 11.7. The van der Waals surface area contributed by atoms with Crippen molar-refractivity contribution in [2.45, 2.75) is 12.3 Å². The van der Waals surface area contributed by atoms with Gasteiger partial charge in [0.15, 0.2) is 15.7 Å². The molecule has 1 aromatic heterocycles. The molecular formula is C10H16N4O2S2. The predicted molar refractivity (Wildman–Crippen MR) is 74.4 cm³/mol. The van der Waals surface area contributed by atoms with Gasteiger partial charge in [0.1, 0.15) is 11.2 Å². The van der Waals surface area contributed by atoms with Crippen LogP contribution in [0.1, 0.15) is 6.92 Å². The van der Waals surface area contributed by atoms with Gasteiger partial charge < -0.3 is 10.6 Å². The summed E-state index contributed by atoms with van der Waals surface area (Å²) in [4.78, 5) is 9.92. The summed E-state index contributed by atoms with van der Waals surface area (Å²) in [6.45, 7) is 2.31. The molecule has 8 heteroatoms. The number of anilines is 2. The number of sulfone groups is 1. The van der Waals surface area contributed by atoms with Crippen molar-refractivity contribution in [3.8, 4) is 0 Å². The van der Waals surface area contributed by atoms with E-state index in [1.54, 1.807) is 29.8 Å². The smallest absolute Gasteiger partial charge is 0.171 e. The molecule has 18 heavy (non-hydrogen) atoms. The molecule has 1 atom stereocenters. The second kappa shape index (κ2) is 5.31. The Bertz CT molecular complexity index is 520. The number of thioether (sulfide) groups is 1. The van der Waals surface area contributed by atoms with Gasteiger partial charge in [-0.25, -0.2) is 13.4 Å². The molecular weight excluding hydrogens is 272 g/mol. The van der Waals surface area contributed by atoms with Crippen molar-refractivity contribution < 1.29 is 8.42 Å². The molecule has 1 aliphatic heterocycles. The minimum Gasteiger partial charge on any atom is -0.382 e. The average Bonchev–Trinajstić information content (AvgIpc) is 2.39. The van der Waals surface area contributed by atoms with E-state index in [9.17, 15) is 8.42 Å². The van der Waals surface area contributed by atoms with Crippen LogP contribution >= 0.6 is 11.8 Å². The molecule has 0 saturated carbocycles. The predicted octanol–water partition coefficient (Wildman–Crippen LogP) is 0.373. The van der Waals surface area contributed by atoms with Crippen LogP contribution in [0.2, 0.25) is 0 Å². The third kappa shape index (κ3) is 2.69. The van der Waals surface area contributed by atoms with Crippen molar-refractivity contribution in [2.75, 3.05) is 34.4 Å². The molecule has 1 fully saturated rings. The van der Waals surface area contributed by atoms with Crippen molar-refractivity contribution >= 4 is 33.2 Å². The van der Waals surface area contributed by atoms with E-state index >= 15 is 0 Å². The van der Waals surface area contributed by atoms with Crippen LogP contribution in [-0.2, 0) is 9.84 Å². The molecule has 1 saturated heterocycles. The normalized spacial score (nSPS) is 20.9. The van der Waals surface area contributed by atoms with Crippen LogP contribution in [0, 0.1) is 0 Å². The van der Waals surface area contributed by atoms with Crippen molar-refractivity contribution in [1.82, 2.24) is 9.97 Å². The number of nitrogen functional groups attached to an aromatic ring is 1. The van der Waals surface area contributed by atoms with E-state index in [2.05, 4.69) is 9.97 Å². The fourth-order valence-electron chi connectivity index (χ4n) is 1.84. The van der Waals surface area contributed by atoms with Gasteiger partial charge in [0.2, 0.25) is 0 Å². The Morgan fingerprint density at radius 2 is 2.33 bits per heavy atom. The van der Waals surface area contributed by atoms with Gasteiger partial charge in [-0.05, 0) is 0 Å². The van der Waals surface area contributed by atoms with Crippen LogP contribution in [0.25, 0.3) is 0 Å². The standard InChI is InChI=1S/C10H16N4O2S2/c1-2-18(15,16)10-7-17-4-3-14(10)9-6-12-5-8(11)13-9/h5-6,10H,2-4,7H2,1H3,(H2,11,13). The Kier molecular flexibility index (Phi) is 3.96. The number of nitrogens with two attached hydrogens (primary N) is 1. The quantitative estimate of drug-likeness (QED) is 0.859. The zero-order chi connectivity index (χ0) is 13.2. The number of rotatable bonds is 3. The van der Waals surface area contributed by atoms with Gasteiger partial charge >= 0.3 is 0 Å². The second-order valence-electron chi connectivity index (χ2n) is 3.98. The molecule has 0 spiro atoms. The third-order valence-electron chi connectivity index (χ3n) is 2.84. The molecule has 1 aromatic rings. The Balaban J connectivity index is 2.34. The molecule has 6 nitrogen and oxygen atoms in total. The van der Waals surface area contributed by atoms with Crippen molar-refractivity contribution in [3.05, 3.63) is 12.4 Å². The van der Waals surface area contributed by atoms with Crippen LogP contribution in [0.15, 0.2) is 12.4 Å². The molecule has 2 rings (SSSR count). The fraction of sp³-hybridized carbons (Fsp3) is 0.600. The molecule has 0 radical (unpaired) electrons. The van der Waals surface area contributed by atoms with E-state index in [0.29, 0.717) is 23.9 Å². The van der Waals surface area contributed by atoms with Crippen LogP contribution in [0.3, 0.4) is 0 Å². The molecule has 2 heterocycles.